The predicted molar refractivity (Wildman–Crippen MR) is 86.5 cm³/mol. The topological polar surface area (TPSA) is 67.8 Å². The number of nitrogens with one attached hydrogen (secondary N) is 1. The Kier molecular flexibility index (Phi) is 7.74. The SMILES string of the molecule is CCCOc1cc(CN[C@H](CC(C)C)C(=O)O)ccc1OC. The van der Waals surface area contributed by atoms with Gasteiger partial charge in [0.05, 0.1) is 13.7 Å². The first kappa shape index (κ1) is 18.3. The first-order valence-corrected chi connectivity index (χ1v) is 7.73. The zero-order chi connectivity index (χ0) is 16.5. The van der Waals surface area contributed by atoms with Gasteiger partial charge < -0.3 is 19.9 Å². The van der Waals surface area contributed by atoms with Crippen molar-refractivity contribution in [3.8, 4) is 11.5 Å². The molecule has 1 atom stereocenters. The summed E-state index contributed by atoms with van der Waals surface area (Å²) in [4.78, 5) is 11.3. The van der Waals surface area contributed by atoms with E-state index in [0.29, 0.717) is 37.0 Å². The Morgan fingerprint density at radius 1 is 1.32 bits per heavy atom. The minimum Gasteiger partial charge on any atom is -0.493 e. The molecular weight excluding hydrogens is 282 g/mol. The summed E-state index contributed by atoms with van der Waals surface area (Å²) in [7, 11) is 1.61. The van der Waals surface area contributed by atoms with E-state index in [4.69, 9.17) is 9.47 Å². The van der Waals surface area contributed by atoms with E-state index in [9.17, 15) is 9.90 Å². The maximum atomic E-state index is 11.3. The van der Waals surface area contributed by atoms with Gasteiger partial charge in [-0.05, 0) is 36.5 Å². The largest absolute Gasteiger partial charge is 0.493 e. The highest BCUT2D eigenvalue weighted by molar-refractivity contribution is 5.73. The summed E-state index contributed by atoms with van der Waals surface area (Å²) in [6.45, 7) is 7.18. The molecular formula is C17H27NO4. The van der Waals surface area contributed by atoms with Crippen LogP contribution in [0, 0.1) is 5.92 Å². The Labute approximate surface area is 132 Å². The second kappa shape index (κ2) is 9.30. The molecule has 0 radical (unpaired) electrons. The van der Waals surface area contributed by atoms with Crippen molar-refractivity contribution in [2.75, 3.05) is 13.7 Å². The van der Waals surface area contributed by atoms with Gasteiger partial charge in [-0.15, -0.1) is 0 Å². The Morgan fingerprint density at radius 2 is 2.05 bits per heavy atom. The van der Waals surface area contributed by atoms with Gasteiger partial charge in [0, 0.05) is 6.54 Å². The monoisotopic (exact) mass is 309 g/mol. The molecule has 0 aliphatic heterocycles. The van der Waals surface area contributed by atoms with Crippen molar-refractivity contribution in [2.24, 2.45) is 5.92 Å². The fraction of sp³-hybridized carbons (Fsp3) is 0.588. The maximum Gasteiger partial charge on any atom is 0.320 e. The van der Waals surface area contributed by atoms with Crippen LogP contribution < -0.4 is 14.8 Å². The van der Waals surface area contributed by atoms with Crippen LogP contribution in [-0.2, 0) is 11.3 Å². The Hall–Kier alpha value is -1.75. The van der Waals surface area contributed by atoms with Gasteiger partial charge in [-0.25, -0.2) is 0 Å². The molecule has 0 aromatic heterocycles. The molecule has 2 N–H and O–H groups in total. The highest BCUT2D eigenvalue weighted by Crippen LogP contribution is 2.28. The van der Waals surface area contributed by atoms with Crippen LogP contribution in [0.1, 0.15) is 39.2 Å². The van der Waals surface area contributed by atoms with Gasteiger partial charge >= 0.3 is 5.97 Å². The highest BCUT2D eigenvalue weighted by atomic mass is 16.5. The van der Waals surface area contributed by atoms with Crippen molar-refractivity contribution in [3.05, 3.63) is 23.8 Å². The zero-order valence-electron chi connectivity index (χ0n) is 13.9. The van der Waals surface area contributed by atoms with Crippen LogP contribution in [0.2, 0.25) is 0 Å². The average molecular weight is 309 g/mol. The summed E-state index contributed by atoms with van der Waals surface area (Å²) in [6.07, 6.45) is 1.52. The molecule has 1 aromatic carbocycles. The highest BCUT2D eigenvalue weighted by Gasteiger charge is 2.18. The molecule has 1 aromatic rings. The lowest BCUT2D eigenvalue weighted by atomic mass is 10.0. The minimum atomic E-state index is -0.815. The number of ether oxygens (including phenoxy) is 2. The standard InChI is InChI=1S/C17H27NO4/c1-5-8-22-16-10-13(6-7-15(16)21-4)11-18-14(17(19)20)9-12(2)3/h6-7,10,12,14,18H,5,8-9,11H2,1-4H3,(H,19,20)/t14-/m1/s1. The summed E-state index contributed by atoms with van der Waals surface area (Å²) < 4.78 is 10.9. The lowest BCUT2D eigenvalue weighted by Crippen LogP contribution is -2.37. The number of carboxylic acids is 1. The van der Waals surface area contributed by atoms with Gasteiger partial charge in [-0.2, -0.15) is 0 Å². The smallest absolute Gasteiger partial charge is 0.320 e. The number of rotatable bonds is 10. The number of hydrogen-bond donors (Lipinski definition) is 2. The van der Waals surface area contributed by atoms with Crippen molar-refractivity contribution < 1.29 is 19.4 Å². The summed E-state index contributed by atoms with van der Waals surface area (Å²) in [5.74, 6) is 0.895. The van der Waals surface area contributed by atoms with Crippen LogP contribution in [0.15, 0.2) is 18.2 Å². The quantitative estimate of drug-likeness (QED) is 0.695. The van der Waals surface area contributed by atoms with E-state index in [0.717, 1.165) is 12.0 Å². The van der Waals surface area contributed by atoms with Crippen LogP contribution in [0.4, 0.5) is 0 Å². The molecule has 0 aliphatic rings. The van der Waals surface area contributed by atoms with Crippen molar-refractivity contribution in [1.29, 1.82) is 0 Å². The molecule has 0 aliphatic carbocycles. The van der Waals surface area contributed by atoms with Crippen molar-refractivity contribution in [3.63, 3.8) is 0 Å². The van der Waals surface area contributed by atoms with Crippen LogP contribution in [-0.4, -0.2) is 30.8 Å². The Balaban J connectivity index is 2.73. The normalized spacial score (nSPS) is 12.2. The van der Waals surface area contributed by atoms with E-state index in [1.165, 1.54) is 0 Å². The Bertz CT molecular complexity index is 474. The molecule has 0 saturated carbocycles. The number of hydrogen-bond acceptors (Lipinski definition) is 4. The molecule has 0 spiro atoms. The average Bonchev–Trinajstić information content (AvgIpc) is 2.48. The summed E-state index contributed by atoms with van der Waals surface area (Å²) in [5.41, 5.74) is 0.974. The van der Waals surface area contributed by atoms with Crippen molar-refractivity contribution in [2.45, 2.75) is 46.2 Å². The summed E-state index contributed by atoms with van der Waals surface area (Å²) in [6, 6.07) is 5.12. The molecule has 0 saturated heterocycles. The van der Waals surface area contributed by atoms with E-state index in [2.05, 4.69) is 5.32 Å². The molecule has 0 bridgehead atoms. The lowest BCUT2D eigenvalue weighted by Gasteiger charge is -2.17. The first-order chi connectivity index (χ1) is 10.5. The van der Waals surface area contributed by atoms with Crippen molar-refractivity contribution in [1.82, 2.24) is 5.32 Å². The number of carbonyl (C=O) groups is 1. The van der Waals surface area contributed by atoms with Gasteiger partial charge in [-0.3, -0.25) is 4.79 Å². The molecule has 0 heterocycles. The van der Waals surface area contributed by atoms with E-state index in [-0.39, 0.29) is 0 Å². The molecule has 0 amide bonds. The second-order valence-electron chi connectivity index (χ2n) is 5.73. The number of benzene rings is 1. The Morgan fingerprint density at radius 3 is 2.59 bits per heavy atom. The van der Waals surface area contributed by atoms with Crippen LogP contribution >= 0.6 is 0 Å². The number of methoxy groups -OCH3 is 1. The van der Waals surface area contributed by atoms with E-state index in [1.54, 1.807) is 7.11 Å². The molecule has 124 valence electrons. The van der Waals surface area contributed by atoms with E-state index >= 15 is 0 Å². The summed E-state index contributed by atoms with van der Waals surface area (Å²) >= 11 is 0. The third-order valence-corrected chi connectivity index (χ3v) is 3.25. The maximum absolute atomic E-state index is 11.3. The third-order valence-electron chi connectivity index (χ3n) is 3.25. The molecule has 5 heteroatoms. The molecule has 5 nitrogen and oxygen atoms in total. The zero-order valence-corrected chi connectivity index (χ0v) is 13.9. The van der Waals surface area contributed by atoms with Gasteiger partial charge in [0.25, 0.3) is 0 Å². The first-order valence-electron chi connectivity index (χ1n) is 7.73. The molecule has 0 unspecified atom stereocenters. The molecule has 1 rings (SSSR count). The fourth-order valence-electron chi connectivity index (χ4n) is 2.14. The van der Waals surface area contributed by atoms with Crippen molar-refractivity contribution >= 4 is 5.97 Å². The lowest BCUT2D eigenvalue weighted by molar-refractivity contribution is -0.140. The summed E-state index contributed by atoms with van der Waals surface area (Å²) in [5, 5.41) is 12.3. The predicted octanol–water partition coefficient (Wildman–Crippen LogP) is 3.07. The van der Waals surface area contributed by atoms with Gasteiger partial charge in [0.1, 0.15) is 6.04 Å². The fourth-order valence-corrected chi connectivity index (χ4v) is 2.14. The number of aliphatic carboxylic acids is 1. The second-order valence-corrected chi connectivity index (χ2v) is 5.73. The molecule has 22 heavy (non-hydrogen) atoms. The van der Waals surface area contributed by atoms with Gasteiger partial charge in [-0.1, -0.05) is 26.8 Å². The number of carboxylic acid groups (broad SMARTS) is 1. The minimum absolute atomic E-state index is 0.327. The third kappa shape index (κ3) is 5.93. The van der Waals surface area contributed by atoms with Gasteiger partial charge in [0.15, 0.2) is 11.5 Å². The molecule has 0 fully saturated rings. The van der Waals surface area contributed by atoms with E-state index in [1.807, 2.05) is 39.0 Å². The van der Waals surface area contributed by atoms with Crippen LogP contribution in [0.5, 0.6) is 11.5 Å². The van der Waals surface area contributed by atoms with Crippen LogP contribution in [0.3, 0.4) is 0 Å². The van der Waals surface area contributed by atoms with Crippen LogP contribution in [0.25, 0.3) is 0 Å². The van der Waals surface area contributed by atoms with Gasteiger partial charge in [0.2, 0.25) is 0 Å². The van der Waals surface area contributed by atoms with E-state index < -0.39 is 12.0 Å².